The number of rotatable bonds is 2. The van der Waals surface area contributed by atoms with Crippen LogP contribution in [0, 0.1) is 0 Å². The zero-order valence-electron chi connectivity index (χ0n) is 12.2. The van der Waals surface area contributed by atoms with Crippen molar-refractivity contribution in [3.63, 3.8) is 0 Å². The van der Waals surface area contributed by atoms with Crippen molar-refractivity contribution in [3.8, 4) is 0 Å². The van der Waals surface area contributed by atoms with E-state index in [0.29, 0.717) is 42.6 Å². The summed E-state index contributed by atoms with van der Waals surface area (Å²) in [4.78, 5) is 11.7. The lowest BCUT2D eigenvalue weighted by Crippen LogP contribution is -2.52. The number of nitrogens with zero attached hydrogens (tertiary/aromatic N) is 1. The maximum atomic E-state index is 12.9. The Balaban J connectivity index is 2.03. The molecule has 1 aromatic carbocycles. The molecule has 0 spiro atoms. The van der Waals surface area contributed by atoms with Crippen molar-refractivity contribution in [1.82, 2.24) is 9.62 Å². The number of anilines is 1. The van der Waals surface area contributed by atoms with Gasteiger partial charge in [0.1, 0.15) is 0 Å². The Morgan fingerprint density at radius 1 is 1.32 bits per heavy atom. The number of carbonyl (C=O) groups is 1. The lowest BCUT2D eigenvalue weighted by Gasteiger charge is -2.33. The van der Waals surface area contributed by atoms with Crippen LogP contribution in [-0.4, -0.2) is 44.3 Å². The maximum absolute atomic E-state index is 12.9. The monoisotopic (exact) mass is 387 g/mol. The number of hydrogen-bond donors (Lipinski definition) is 2. The fraction of sp³-hybridized carbons (Fsp3) is 0.500. The summed E-state index contributed by atoms with van der Waals surface area (Å²) in [5.41, 5.74) is 1.56. The molecule has 0 bridgehead atoms. The fourth-order valence-electron chi connectivity index (χ4n) is 2.88. The Bertz CT molecular complexity index is 720. The van der Waals surface area contributed by atoms with Crippen molar-refractivity contribution >= 4 is 37.5 Å². The van der Waals surface area contributed by atoms with Crippen LogP contribution in [0.1, 0.15) is 18.9 Å². The van der Waals surface area contributed by atoms with Crippen LogP contribution in [0.3, 0.4) is 0 Å². The van der Waals surface area contributed by atoms with Crippen LogP contribution in [0.2, 0.25) is 0 Å². The maximum Gasteiger partial charge on any atom is 0.244 e. The van der Waals surface area contributed by atoms with Crippen LogP contribution in [0.15, 0.2) is 21.5 Å². The molecule has 1 aromatic rings. The number of piperazine rings is 1. The molecule has 2 heterocycles. The van der Waals surface area contributed by atoms with Crippen molar-refractivity contribution in [1.29, 1.82) is 0 Å². The molecule has 2 aliphatic heterocycles. The van der Waals surface area contributed by atoms with Gasteiger partial charge in [0.25, 0.3) is 0 Å². The van der Waals surface area contributed by atoms with Crippen molar-refractivity contribution in [3.05, 3.63) is 22.2 Å². The molecular formula is C14H18BrN3O3S. The third-order valence-electron chi connectivity index (χ3n) is 4.08. The number of nitrogens with one attached hydrogen (secondary N) is 2. The van der Waals surface area contributed by atoms with E-state index in [4.69, 9.17) is 0 Å². The molecule has 0 aromatic heterocycles. The highest BCUT2D eigenvalue weighted by Crippen LogP contribution is 2.34. The van der Waals surface area contributed by atoms with Crippen molar-refractivity contribution < 1.29 is 13.2 Å². The molecule has 1 fully saturated rings. The van der Waals surface area contributed by atoms with E-state index >= 15 is 0 Å². The average molecular weight is 388 g/mol. The Labute approximate surface area is 138 Å². The minimum absolute atomic E-state index is 0.0753. The van der Waals surface area contributed by atoms with Crippen LogP contribution in [-0.2, 0) is 21.2 Å². The number of fused-ring (bicyclic) bond motifs is 1. The normalized spacial score (nSPS) is 23.0. The lowest BCUT2D eigenvalue weighted by molar-refractivity contribution is -0.116. The van der Waals surface area contributed by atoms with E-state index < -0.39 is 10.0 Å². The minimum atomic E-state index is -3.60. The largest absolute Gasteiger partial charge is 0.326 e. The highest BCUT2D eigenvalue weighted by atomic mass is 79.9. The van der Waals surface area contributed by atoms with Gasteiger partial charge in [0.15, 0.2) is 0 Å². The molecule has 1 amide bonds. The van der Waals surface area contributed by atoms with Gasteiger partial charge in [-0.05, 0) is 47.0 Å². The summed E-state index contributed by atoms with van der Waals surface area (Å²) in [5, 5.41) is 5.94. The Morgan fingerprint density at radius 2 is 2.09 bits per heavy atom. The first kappa shape index (κ1) is 15.9. The van der Waals surface area contributed by atoms with Crippen molar-refractivity contribution in [2.24, 2.45) is 0 Å². The summed E-state index contributed by atoms with van der Waals surface area (Å²) in [6.45, 7) is 3.61. The molecule has 22 heavy (non-hydrogen) atoms. The van der Waals surface area contributed by atoms with Crippen molar-refractivity contribution in [2.45, 2.75) is 30.7 Å². The fourth-order valence-corrected chi connectivity index (χ4v) is 5.59. The Kier molecular flexibility index (Phi) is 4.28. The van der Waals surface area contributed by atoms with Gasteiger partial charge in [0, 0.05) is 42.3 Å². The summed E-state index contributed by atoms with van der Waals surface area (Å²) in [6, 6.07) is 3.27. The van der Waals surface area contributed by atoms with Gasteiger partial charge in [0.2, 0.25) is 15.9 Å². The van der Waals surface area contributed by atoms with Crippen LogP contribution in [0.5, 0.6) is 0 Å². The van der Waals surface area contributed by atoms with Gasteiger partial charge >= 0.3 is 0 Å². The molecule has 6 nitrogen and oxygen atoms in total. The first-order chi connectivity index (χ1) is 10.4. The number of halogens is 1. The zero-order chi connectivity index (χ0) is 15.9. The lowest BCUT2D eigenvalue weighted by atomic mass is 10.0. The summed E-state index contributed by atoms with van der Waals surface area (Å²) in [6.07, 6.45) is 1.06. The van der Waals surface area contributed by atoms with Crippen LogP contribution < -0.4 is 10.6 Å². The van der Waals surface area contributed by atoms with Gasteiger partial charge in [-0.2, -0.15) is 4.31 Å². The molecule has 0 radical (unpaired) electrons. The van der Waals surface area contributed by atoms with Gasteiger partial charge in [0.05, 0.1) is 4.90 Å². The number of amides is 1. The number of carbonyl (C=O) groups excluding carboxylic acids is 1. The van der Waals surface area contributed by atoms with E-state index in [-0.39, 0.29) is 16.8 Å². The third kappa shape index (κ3) is 2.80. The standard InChI is InChI=1S/C14H18BrN3O3S/c1-9-8-16-4-5-18(9)22(20,21)13-7-12-10(6-11(13)15)2-3-14(19)17-12/h6-7,9,16H,2-5,8H2,1H3,(H,17,19)/t9-/m0/s1. The highest BCUT2D eigenvalue weighted by molar-refractivity contribution is 9.10. The predicted molar refractivity (Wildman–Crippen MR) is 87.3 cm³/mol. The quantitative estimate of drug-likeness (QED) is 0.801. The van der Waals surface area contributed by atoms with Crippen LogP contribution in [0.4, 0.5) is 5.69 Å². The van der Waals surface area contributed by atoms with Gasteiger partial charge in [-0.15, -0.1) is 0 Å². The molecule has 0 saturated carbocycles. The molecule has 0 unspecified atom stereocenters. The number of hydrogen-bond acceptors (Lipinski definition) is 4. The van der Waals surface area contributed by atoms with E-state index in [2.05, 4.69) is 26.6 Å². The Morgan fingerprint density at radius 3 is 2.82 bits per heavy atom. The zero-order valence-corrected chi connectivity index (χ0v) is 14.6. The molecule has 3 rings (SSSR count). The molecule has 0 aliphatic carbocycles. The second-order valence-electron chi connectivity index (χ2n) is 5.66. The molecular weight excluding hydrogens is 370 g/mol. The van der Waals surface area contributed by atoms with Crippen LogP contribution in [0.25, 0.3) is 0 Å². The smallest absolute Gasteiger partial charge is 0.244 e. The average Bonchev–Trinajstić information content (AvgIpc) is 2.47. The summed E-state index contributed by atoms with van der Waals surface area (Å²) in [5.74, 6) is -0.0753. The molecule has 2 N–H and O–H groups in total. The molecule has 2 aliphatic rings. The number of aryl methyl sites for hydroxylation is 1. The van der Waals surface area contributed by atoms with E-state index in [1.165, 1.54) is 4.31 Å². The molecule has 1 atom stereocenters. The third-order valence-corrected chi connectivity index (χ3v) is 7.05. The van der Waals surface area contributed by atoms with Gasteiger partial charge in [-0.25, -0.2) is 8.42 Å². The SMILES string of the molecule is C[C@H]1CNCCN1S(=O)(=O)c1cc2c(cc1Br)CCC(=O)N2. The second-order valence-corrected chi connectivity index (χ2v) is 8.37. The van der Waals surface area contributed by atoms with E-state index in [1.807, 2.05) is 6.92 Å². The summed E-state index contributed by atoms with van der Waals surface area (Å²) in [7, 11) is -3.60. The summed E-state index contributed by atoms with van der Waals surface area (Å²) < 4.78 is 27.9. The van der Waals surface area contributed by atoms with Gasteiger partial charge < -0.3 is 10.6 Å². The van der Waals surface area contributed by atoms with Gasteiger partial charge in [-0.3, -0.25) is 4.79 Å². The molecule has 120 valence electrons. The predicted octanol–water partition coefficient (Wildman–Crippen LogP) is 1.32. The topological polar surface area (TPSA) is 78.5 Å². The van der Waals surface area contributed by atoms with E-state index in [9.17, 15) is 13.2 Å². The Hall–Kier alpha value is -0.960. The van der Waals surface area contributed by atoms with E-state index in [0.717, 1.165) is 5.56 Å². The van der Waals surface area contributed by atoms with Crippen LogP contribution >= 0.6 is 15.9 Å². The van der Waals surface area contributed by atoms with Crippen molar-refractivity contribution in [2.75, 3.05) is 25.0 Å². The first-order valence-corrected chi connectivity index (χ1v) is 9.48. The highest BCUT2D eigenvalue weighted by Gasteiger charge is 2.33. The molecule has 1 saturated heterocycles. The minimum Gasteiger partial charge on any atom is -0.326 e. The number of benzene rings is 1. The molecule has 8 heteroatoms. The number of sulfonamides is 1. The summed E-state index contributed by atoms with van der Waals surface area (Å²) >= 11 is 3.38. The second kappa shape index (κ2) is 5.92. The van der Waals surface area contributed by atoms with Gasteiger partial charge in [-0.1, -0.05) is 0 Å². The van der Waals surface area contributed by atoms with E-state index in [1.54, 1.807) is 12.1 Å². The first-order valence-electron chi connectivity index (χ1n) is 7.24.